The molecule has 0 bridgehead atoms. The predicted octanol–water partition coefficient (Wildman–Crippen LogP) is 3.34. The van der Waals surface area contributed by atoms with Crippen molar-refractivity contribution in [3.63, 3.8) is 0 Å². The van der Waals surface area contributed by atoms with Crippen molar-refractivity contribution < 1.29 is 14.2 Å². The monoisotopic (exact) mass is 250 g/mol. The van der Waals surface area contributed by atoms with Gasteiger partial charge in [0.15, 0.2) is 0 Å². The van der Waals surface area contributed by atoms with Crippen LogP contribution in [0.5, 0.6) is 17.2 Å². The number of methoxy groups -OCH3 is 2. The molecule has 17 heavy (non-hydrogen) atoms. The standard InChI is InChI=1S/C13H14O3S/c1-14-11-5-12(15-2)7-13(6-11)16-8-10-3-4-17-9-10/h3-7,9H,8H2,1-2H3. The molecule has 0 N–H and O–H groups in total. The van der Waals surface area contributed by atoms with Gasteiger partial charge in [0.25, 0.3) is 0 Å². The Morgan fingerprint density at radius 3 is 2.18 bits per heavy atom. The Morgan fingerprint density at radius 2 is 1.65 bits per heavy atom. The van der Waals surface area contributed by atoms with Gasteiger partial charge in [-0.3, -0.25) is 0 Å². The summed E-state index contributed by atoms with van der Waals surface area (Å²) in [4.78, 5) is 0. The molecule has 0 radical (unpaired) electrons. The molecule has 2 aromatic rings. The molecule has 1 heterocycles. The average molecular weight is 250 g/mol. The quantitative estimate of drug-likeness (QED) is 0.814. The molecule has 90 valence electrons. The van der Waals surface area contributed by atoms with E-state index in [9.17, 15) is 0 Å². The largest absolute Gasteiger partial charge is 0.496 e. The third-order valence-electron chi connectivity index (χ3n) is 2.31. The van der Waals surface area contributed by atoms with Crippen LogP contribution in [-0.4, -0.2) is 14.2 Å². The van der Waals surface area contributed by atoms with Gasteiger partial charge in [-0.05, 0) is 22.4 Å². The van der Waals surface area contributed by atoms with Gasteiger partial charge in [-0.2, -0.15) is 11.3 Å². The second-order valence-electron chi connectivity index (χ2n) is 3.47. The van der Waals surface area contributed by atoms with Crippen LogP contribution >= 0.6 is 11.3 Å². The average Bonchev–Trinajstić information content (AvgIpc) is 2.89. The predicted molar refractivity (Wildman–Crippen MR) is 68.2 cm³/mol. The van der Waals surface area contributed by atoms with Gasteiger partial charge in [-0.1, -0.05) is 0 Å². The minimum Gasteiger partial charge on any atom is -0.496 e. The first-order valence-corrected chi connectivity index (χ1v) is 6.13. The van der Waals surface area contributed by atoms with E-state index in [2.05, 4.69) is 5.38 Å². The molecule has 0 saturated heterocycles. The van der Waals surface area contributed by atoms with Gasteiger partial charge in [-0.15, -0.1) is 0 Å². The summed E-state index contributed by atoms with van der Waals surface area (Å²) >= 11 is 1.66. The summed E-state index contributed by atoms with van der Waals surface area (Å²) in [5, 5.41) is 4.10. The zero-order chi connectivity index (χ0) is 12.1. The zero-order valence-electron chi connectivity index (χ0n) is 9.80. The Balaban J connectivity index is 2.09. The van der Waals surface area contributed by atoms with E-state index in [0.29, 0.717) is 6.61 Å². The molecule has 0 aliphatic heterocycles. The fourth-order valence-electron chi connectivity index (χ4n) is 1.41. The minimum atomic E-state index is 0.555. The van der Waals surface area contributed by atoms with Crippen molar-refractivity contribution in [3.05, 3.63) is 40.6 Å². The summed E-state index contributed by atoms with van der Waals surface area (Å²) in [6.07, 6.45) is 0. The number of thiophene rings is 1. The summed E-state index contributed by atoms with van der Waals surface area (Å²) < 4.78 is 16.0. The molecular weight excluding hydrogens is 236 g/mol. The maximum Gasteiger partial charge on any atom is 0.127 e. The molecule has 0 atom stereocenters. The van der Waals surface area contributed by atoms with E-state index in [4.69, 9.17) is 14.2 Å². The minimum absolute atomic E-state index is 0.555. The zero-order valence-corrected chi connectivity index (χ0v) is 10.6. The van der Waals surface area contributed by atoms with Crippen molar-refractivity contribution in [2.75, 3.05) is 14.2 Å². The summed E-state index contributed by atoms with van der Waals surface area (Å²) in [6, 6.07) is 7.54. The van der Waals surface area contributed by atoms with Gasteiger partial charge in [0.1, 0.15) is 23.9 Å². The molecule has 0 fully saturated rings. The van der Waals surface area contributed by atoms with Crippen molar-refractivity contribution in [2.45, 2.75) is 6.61 Å². The lowest BCUT2D eigenvalue weighted by atomic mass is 10.3. The summed E-state index contributed by atoms with van der Waals surface area (Å²) in [5.74, 6) is 2.20. The van der Waals surface area contributed by atoms with Gasteiger partial charge >= 0.3 is 0 Å². The van der Waals surface area contributed by atoms with Crippen LogP contribution in [0.2, 0.25) is 0 Å². The molecule has 0 spiro atoms. The molecule has 0 aliphatic rings. The molecule has 4 heteroatoms. The molecule has 1 aromatic carbocycles. The fourth-order valence-corrected chi connectivity index (χ4v) is 2.06. The summed E-state index contributed by atoms with van der Waals surface area (Å²) in [5.41, 5.74) is 1.16. The highest BCUT2D eigenvalue weighted by atomic mass is 32.1. The van der Waals surface area contributed by atoms with E-state index in [-0.39, 0.29) is 0 Å². The number of hydrogen-bond acceptors (Lipinski definition) is 4. The first kappa shape index (κ1) is 11.8. The van der Waals surface area contributed by atoms with Crippen LogP contribution < -0.4 is 14.2 Å². The molecule has 3 nitrogen and oxygen atoms in total. The molecule has 2 rings (SSSR count). The number of ether oxygens (including phenoxy) is 3. The summed E-state index contributed by atoms with van der Waals surface area (Å²) in [7, 11) is 3.24. The molecule has 0 saturated carbocycles. The highest BCUT2D eigenvalue weighted by Gasteiger charge is 2.03. The van der Waals surface area contributed by atoms with Gasteiger partial charge in [0, 0.05) is 18.2 Å². The van der Waals surface area contributed by atoms with Crippen LogP contribution in [0.15, 0.2) is 35.0 Å². The van der Waals surface area contributed by atoms with Crippen LogP contribution in [0.1, 0.15) is 5.56 Å². The lowest BCUT2D eigenvalue weighted by Crippen LogP contribution is -1.95. The lowest BCUT2D eigenvalue weighted by molar-refractivity contribution is 0.301. The Bertz CT molecular complexity index is 443. The van der Waals surface area contributed by atoms with Crippen molar-refractivity contribution in [1.82, 2.24) is 0 Å². The molecule has 0 amide bonds. The van der Waals surface area contributed by atoms with Gasteiger partial charge < -0.3 is 14.2 Å². The van der Waals surface area contributed by atoms with E-state index in [1.54, 1.807) is 25.6 Å². The topological polar surface area (TPSA) is 27.7 Å². The molecule has 0 unspecified atom stereocenters. The highest BCUT2D eigenvalue weighted by Crippen LogP contribution is 2.28. The van der Waals surface area contributed by atoms with Crippen LogP contribution in [0.3, 0.4) is 0 Å². The third-order valence-corrected chi connectivity index (χ3v) is 3.04. The first-order chi connectivity index (χ1) is 8.31. The smallest absolute Gasteiger partial charge is 0.127 e. The Kier molecular flexibility index (Phi) is 3.88. The fraction of sp³-hybridized carbons (Fsp3) is 0.231. The Hall–Kier alpha value is -1.68. The highest BCUT2D eigenvalue weighted by molar-refractivity contribution is 7.07. The van der Waals surface area contributed by atoms with Crippen LogP contribution in [0, 0.1) is 0 Å². The van der Waals surface area contributed by atoms with E-state index < -0.39 is 0 Å². The van der Waals surface area contributed by atoms with Crippen molar-refractivity contribution >= 4 is 11.3 Å². The van der Waals surface area contributed by atoms with E-state index in [1.807, 2.05) is 29.6 Å². The normalized spacial score (nSPS) is 10.0. The maximum absolute atomic E-state index is 5.68. The lowest BCUT2D eigenvalue weighted by Gasteiger charge is -2.09. The number of rotatable bonds is 5. The van der Waals surface area contributed by atoms with E-state index >= 15 is 0 Å². The van der Waals surface area contributed by atoms with E-state index in [1.165, 1.54) is 0 Å². The maximum atomic E-state index is 5.68. The first-order valence-electron chi connectivity index (χ1n) is 5.19. The van der Waals surface area contributed by atoms with Crippen LogP contribution in [-0.2, 0) is 6.61 Å². The number of benzene rings is 1. The SMILES string of the molecule is COc1cc(OC)cc(OCc2ccsc2)c1. The number of hydrogen-bond donors (Lipinski definition) is 0. The van der Waals surface area contributed by atoms with Crippen molar-refractivity contribution in [3.8, 4) is 17.2 Å². The van der Waals surface area contributed by atoms with Crippen molar-refractivity contribution in [2.24, 2.45) is 0 Å². The van der Waals surface area contributed by atoms with Crippen molar-refractivity contribution in [1.29, 1.82) is 0 Å². The van der Waals surface area contributed by atoms with Gasteiger partial charge in [0.05, 0.1) is 14.2 Å². The second kappa shape index (κ2) is 5.59. The Morgan fingerprint density at radius 1 is 1.00 bits per heavy atom. The van der Waals surface area contributed by atoms with Gasteiger partial charge in [-0.25, -0.2) is 0 Å². The van der Waals surface area contributed by atoms with E-state index in [0.717, 1.165) is 22.8 Å². The molecule has 0 aliphatic carbocycles. The molecule has 1 aromatic heterocycles. The van der Waals surface area contributed by atoms with Gasteiger partial charge in [0.2, 0.25) is 0 Å². The second-order valence-corrected chi connectivity index (χ2v) is 4.25. The van der Waals surface area contributed by atoms with Crippen LogP contribution in [0.25, 0.3) is 0 Å². The third kappa shape index (κ3) is 3.14. The Labute approximate surface area is 105 Å². The van der Waals surface area contributed by atoms with Crippen LogP contribution in [0.4, 0.5) is 0 Å². The summed E-state index contributed by atoms with van der Waals surface area (Å²) in [6.45, 7) is 0.555. The molecular formula is C13H14O3S.